The Kier molecular flexibility index (Phi) is 5.12. The molecule has 0 atom stereocenters. The molecule has 0 N–H and O–H groups in total. The van der Waals surface area contributed by atoms with Crippen molar-refractivity contribution in [2.45, 2.75) is 13.5 Å². The van der Waals surface area contributed by atoms with Crippen LogP contribution in [0.3, 0.4) is 0 Å². The molecule has 104 valence electrons. The molecule has 0 unspecified atom stereocenters. The fourth-order valence-electron chi connectivity index (χ4n) is 1.54. The number of pyridine rings is 1. The van der Waals surface area contributed by atoms with Crippen LogP contribution in [-0.2, 0) is 11.3 Å². The summed E-state index contributed by atoms with van der Waals surface area (Å²) in [5, 5.41) is 0. The molecule has 2 rings (SSSR count). The second-order valence-electron chi connectivity index (χ2n) is 4.02. The van der Waals surface area contributed by atoms with Gasteiger partial charge in [0.15, 0.2) is 0 Å². The Labute approximate surface area is 125 Å². The summed E-state index contributed by atoms with van der Waals surface area (Å²) in [7, 11) is 0. The molecule has 0 bridgehead atoms. The van der Waals surface area contributed by atoms with Crippen LogP contribution in [0.15, 0.2) is 47.1 Å². The van der Waals surface area contributed by atoms with Crippen LogP contribution in [0.2, 0.25) is 0 Å². The fraction of sp³-hybridized carbons (Fsp3) is 0.200. The standard InChI is InChI=1S/C15H14BrNO3/c1-2-19-15(18)12-5-8-14(17-9-12)20-10-11-3-6-13(16)7-4-11/h3-9H,2,10H2,1H3. The molecule has 0 aliphatic rings. The quantitative estimate of drug-likeness (QED) is 0.783. The van der Waals surface area contributed by atoms with E-state index >= 15 is 0 Å². The summed E-state index contributed by atoms with van der Waals surface area (Å²) in [4.78, 5) is 15.5. The van der Waals surface area contributed by atoms with Gasteiger partial charge in [0, 0.05) is 16.7 Å². The van der Waals surface area contributed by atoms with Crippen molar-refractivity contribution in [3.8, 4) is 5.88 Å². The van der Waals surface area contributed by atoms with E-state index in [2.05, 4.69) is 20.9 Å². The number of carbonyl (C=O) groups excluding carboxylic acids is 1. The van der Waals surface area contributed by atoms with Gasteiger partial charge in [-0.25, -0.2) is 9.78 Å². The first kappa shape index (κ1) is 14.5. The minimum absolute atomic E-state index is 0.348. The SMILES string of the molecule is CCOC(=O)c1ccc(OCc2ccc(Br)cc2)nc1. The average Bonchev–Trinajstić information content (AvgIpc) is 2.47. The maximum absolute atomic E-state index is 11.5. The molecule has 0 radical (unpaired) electrons. The van der Waals surface area contributed by atoms with E-state index in [0.717, 1.165) is 10.0 Å². The Bertz CT molecular complexity index is 567. The summed E-state index contributed by atoms with van der Waals surface area (Å²) >= 11 is 3.38. The Morgan fingerprint density at radius 1 is 1.20 bits per heavy atom. The van der Waals surface area contributed by atoms with Crippen LogP contribution < -0.4 is 4.74 Å². The number of hydrogen-bond donors (Lipinski definition) is 0. The number of carbonyl (C=O) groups is 1. The molecule has 0 fully saturated rings. The highest BCUT2D eigenvalue weighted by Gasteiger charge is 2.07. The van der Waals surface area contributed by atoms with Gasteiger partial charge in [-0.1, -0.05) is 28.1 Å². The van der Waals surface area contributed by atoms with Crippen molar-refractivity contribution in [1.82, 2.24) is 4.98 Å². The first-order valence-corrected chi connectivity index (χ1v) is 6.98. The Balaban J connectivity index is 1.93. The van der Waals surface area contributed by atoms with Crippen molar-refractivity contribution in [1.29, 1.82) is 0 Å². The zero-order valence-electron chi connectivity index (χ0n) is 11.0. The topological polar surface area (TPSA) is 48.4 Å². The first-order chi connectivity index (χ1) is 9.69. The fourth-order valence-corrected chi connectivity index (χ4v) is 1.80. The molecule has 20 heavy (non-hydrogen) atoms. The molecule has 0 amide bonds. The van der Waals surface area contributed by atoms with Crippen molar-refractivity contribution in [2.24, 2.45) is 0 Å². The second-order valence-corrected chi connectivity index (χ2v) is 4.94. The van der Waals surface area contributed by atoms with Crippen LogP contribution in [0, 0.1) is 0 Å². The highest BCUT2D eigenvalue weighted by Crippen LogP contribution is 2.14. The number of benzene rings is 1. The number of halogens is 1. The molecule has 1 heterocycles. The number of aromatic nitrogens is 1. The monoisotopic (exact) mass is 335 g/mol. The zero-order valence-corrected chi connectivity index (χ0v) is 12.6. The van der Waals surface area contributed by atoms with E-state index in [1.165, 1.54) is 6.20 Å². The van der Waals surface area contributed by atoms with E-state index in [4.69, 9.17) is 9.47 Å². The van der Waals surface area contributed by atoms with Crippen LogP contribution >= 0.6 is 15.9 Å². The Morgan fingerprint density at radius 2 is 1.95 bits per heavy atom. The third-order valence-corrected chi connectivity index (χ3v) is 3.08. The predicted octanol–water partition coefficient (Wildman–Crippen LogP) is 3.60. The highest BCUT2D eigenvalue weighted by atomic mass is 79.9. The lowest BCUT2D eigenvalue weighted by molar-refractivity contribution is 0.0526. The number of nitrogens with zero attached hydrogens (tertiary/aromatic N) is 1. The summed E-state index contributed by atoms with van der Waals surface area (Å²) < 4.78 is 11.5. The number of hydrogen-bond acceptors (Lipinski definition) is 4. The van der Waals surface area contributed by atoms with Crippen molar-refractivity contribution < 1.29 is 14.3 Å². The van der Waals surface area contributed by atoms with Crippen LogP contribution in [0.1, 0.15) is 22.8 Å². The molecule has 1 aromatic heterocycles. The lowest BCUT2D eigenvalue weighted by atomic mass is 10.2. The van der Waals surface area contributed by atoms with E-state index in [9.17, 15) is 4.79 Å². The molecular weight excluding hydrogens is 322 g/mol. The molecule has 0 aliphatic carbocycles. The molecule has 0 spiro atoms. The van der Waals surface area contributed by atoms with Gasteiger partial charge in [-0.05, 0) is 30.7 Å². The normalized spacial score (nSPS) is 10.1. The summed E-state index contributed by atoms with van der Waals surface area (Å²) in [6, 6.07) is 11.1. The van der Waals surface area contributed by atoms with E-state index < -0.39 is 0 Å². The van der Waals surface area contributed by atoms with Crippen molar-refractivity contribution >= 4 is 21.9 Å². The van der Waals surface area contributed by atoms with E-state index in [1.807, 2.05) is 24.3 Å². The Morgan fingerprint density at radius 3 is 2.55 bits per heavy atom. The molecule has 0 aliphatic heterocycles. The summed E-state index contributed by atoms with van der Waals surface area (Å²) in [6.45, 7) is 2.54. The molecule has 2 aromatic rings. The lowest BCUT2D eigenvalue weighted by Gasteiger charge is -2.06. The number of rotatable bonds is 5. The average molecular weight is 336 g/mol. The smallest absolute Gasteiger partial charge is 0.339 e. The van der Waals surface area contributed by atoms with Crippen LogP contribution in [-0.4, -0.2) is 17.6 Å². The van der Waals surface area contributed by atoms with Crippen molar-refractivity contribution in [3.05, 3.63) is 58.2 Å². The van der Waals surface area contributed by atoms with Gasteiger partial charge in [0.25, 0.3) is 0 Å². The molecular formula is C15H14BrNO3. The van der Waals surface area contributed by atoms with Gasteiger partial charge in [0.2, 0.25) is 5.88 Å². The Hall–Kier alpha value is -1.88. The minimum atomic E-state index is -0.376. The third-order valence-electron chi connectivity index (χ3n) is 2.55. The number of esters is 1. The van der Waals surface area contributed by atoms with E-state index in [1.54, 1.807) is 19.1 Å². The van der Waals surface area contributed by atoms with Crippen molar-refractivity contribution in [3.63, 3.8) is 0 Å². The maximum Gasteiger partial charge on any atom is 0.339 e. The van der Waals surface area contributed by atoms with Gasteiger partial charge in [-0.2, -0.15) is 0 Å². The summed E-state index contributed by atoms with van der Waals surface area (Å²) in [5.41, 5.74) is 1.47. The molecule has 0 saturated heterocycles. The number of ether oxygens (including phenoxy) is 2. The maximum atomic E-state index is 11.5. The summed E-state index contributed by atoms with van der Waals surface area (Å²) in [6.07, 6.45) is 1.45. The summed E-state index contributed by atoms with van der Waals surface area (Å²) in [5.74, 6) is 0.0976. The van der Waals surface area contributed by atoms with Crippen LogP contribution in [0.4, 0.5) is 0 Å². The van der Waals surface area contributed by atoms with E-state index in [-0.39, 0.29) is 5.97 Å². The highest BCUT2D eigenvalue weighted by molar-refractivity contribution is 9.10. The lowest BCUT2D eigenvalue weighted by Crippen LogP contribution is -2.05. The zero-order chi connectivity index (χ0) is 14.4. The van der Waals surface area contributed by atoms with Gasteiger partial charge >= 0.3 is 5.97 Å². The van der Waals surface area contributed by atoms with Crippen molar-refractivity contribution in [2.75, 3.05) is 6.61 Å². The third kappa shape index (κ3) is 4.06. The van der Waals surface area contributed by atoms with Gasteiger partial charge in [-0.3, -0.25) is 0 Å². The van der Waals surface area contributed by atoms with Gasteiger partial charge in [0.1, 0.15) is 6.61 Å². The van der Waals surface area contributed by atoms with E-state index in [0.29, 0.717) is 24.7 Å². The molecule has 1 aromatic carbocycles. The van der Waals surface area contributed by atoms with Gasteiger partial charge < -0.3 is 9.47 Å². The van der Waals surface area contributed by atoms with Gasteiger partial charge in [0.05, 0.1) is 12.2 Å². The molecule has 5 heteroatoms. The van der Waals surface area contributed by atoms with Crippen LogP contribution in [0.25, 0.3) is 0 Å². The largest absolute Gasteiger partial charge is 0.473 e. The first-order valence-electron chi connectivity index (χ1n) is 6.19. The molecule has 0 saturated carbocycles. The van der Waals surface area contributed by atoms with Crippen LogP contribution in [0.5, 0.6) is 5.88 Å². The van der Waals surface area contributed by atoms with Gasteiger partial charge in [-0.15, -0.1) is 0 Å². The second kappa shape index (κ2) is 7.05. The predicted molar refractivity (Wildman–Crippen MR) is 78.7 cm³/mol. The minimum Gasteiger partial charge on any atom is -0.473 e. The molecule has 4 nitrogen and oxygen atoms in total.